The molecule has 1 aliphatic heterocycles. The zero-order valence-electron chi connectivity index (χ0n) is 14.2. The Hall–Kier alpha value is -1.32. The summed E-state index contributed by atoms with van der Waals surface area (Å²) in [6.45, 7) is 15.7. The van der Waals surface area contributed by atoms with Crippen LogP contribution in [-0.2, 0) is 9.59 Å². The van der Waals surface area contributed by atoms with Gasteiger partial charge in [-0.3, -0.25) is 9.59 Å². The molecule has 1 N–H and O–H groups in total. The molecule has 120 valence electrons. The molecule has 21 heavy (non-hydrogen) atoms. The Labute approximate surface area is 129 Å². The first-order chi connectivity index (χ1) is 9.58. The molecule has 2 amide bonds. The highest BCUT2D eigenvalue weighted by Gasteiger charge is 2.44. The summed E-state index contributed by atoms with van der Waals surface area (Å²) in [5.41, 5.74) is 0.172. The summed E-state index contributed by atoms with van der Waals surface area (Å²) in [4.78, 5) is 25.5. The third kappa shape index (κ3) is 4.87. The van der Waals surface area contributed by atoms with Gasteiger partial charge in [0.05, 0.1) is 0 Å². The van der Waals surface area contributed by atoms with Gasteiger partial charge in [-0.1, -0.05) is 27.4 Å². The average Bonchev–Trinajstić information content (AvgIpc) is 2.62. The Bertz CT molecular complexity index is 408. The van der Waals surface area contributed by atoms with Gasteiger partial charge < -0.3 is 10.2 Å². The topological polar surface area (TPSA) is 49.4 Å². The molecule has 0 bridgehead atoms. The molecule has 4 nitrogen and oxygen atoms in total. The van der Waals surface area contributed by atoms with Gasteiger partial charge in [-0.25, -0.2) is 0 Å². The summed E-state index contributed by atoms with van der Waals surface area (Å²) < 4.78 is 0. The van der Waals surface area contributed by atoms with Crippen molar-refractivity contribution in [1.82, 2.24) is 10.2 Å². The van der Waals surface area contributed by atoms with E-state index in [4.69, 9.17) is 0 Å². The molecule has 0 radical (unpaired) electrons. The Morgan fingerprint density at radius 2 is 2.00 bits per heavy atom. The SMILES string of the molecule is C=CC(=O)NCCC(=O)N1CCC(CC(C)(C)C)C1(C)C. The van der Waals surface area contributed by atoms with Crippen molar-refractivity contribution in [2.75, 3.05) is 13.1 Å². The Morgan fingerprint density at radius 1 is 1.38 bits per heavy atom. The van der Waals surface area contributed by atoms with Gasteiger partial charge >= 0.3 is 0 Å². The van der Waals surface area contributed by atoms with Crippen LogP contribution in [0.3, 0.4) is 0 Å². The van der Waals surface area contributed by atoms with Crippen LogP contribution in [0.25, 0.3) is 0 Å². The predicted octanol–water partition coefficient (Wildman–Crippen LogP) is 2.74. The lowest BCUT2D eigenvalue weighted by atomic mass is 9.76. The second kappa shape index (κ2) is 6.63. The van der Waals surface area contributed by atoms with E-state index in [-0.39, 0.29) is 22.8 Å². The number of nitrogens with zero attached hydrogens (tertiary/aromatic N) is 1. The minimum atomic E-state index is -0.228. The van der Waals surface area contributed by atoms with Crippen LogP contribution in [0.5, 0.6) is 0 Å². The van der Waals surface area contributed by atoms with Gasteiger partial charge in [0.25, 0.3) is 0 Å². The molecule has 0 aliphatic carbocycles. The Kier molecular flexibility index (Phi) is 5.60. The fraction of sp³-hybridized carbons (Fsp3) is 0.765. The standard InChI is InChI=1S/C17H30N2O2/c1-7-14(20)18-10-8-15(21)19-11-9-13(17(19,5)6)12-16(2,3)4/h7,13H,1,8-12H2,2-6H3,(H,18,20). The molecule has 1 unspecified atom stereocenters. The first-order valence-electron chi connectivity index (χ1n) is 7.78. The van der Waals surface area contributed by atoms with Crippen molar-refractivity contribution in [2.24, 2.45) is 11.3 Å². The van der Waals surface area contributed by atoms with Crippen LogP contribution in [-0.4, -0.2) is 35.3 Å². The number of carbonyl (C=O) groups is 2. The second-order valence-electron chi connectivity index (χ2n) is 7.69. The van der Waals surface area contributed by atoms with Gasteiger partial charge in [-0.05, 0) is 44.1 Å². The molecule has 0 aromatic carbocycles. The van der Waals surface area contributed by atoms with E-state index in [9.17, 15) is 9.59 Å². The fourth-order valence-electron chi connectivity index (χ4n) is 3.18. The Balaban J connectivity index is 2.57. The molecule has 0 aromatic heterocycles. The molecule has 4 heteroatoms. The molecular formula is C17H30N2O2. The van der Waals surface area contributed by atoms with Crippen LogP contribution < -0.4 is 5.32 Å². The van der Waals surface area contributed by atoms with E-state index in [1.165, 1.54) is 6.08 Å². The minimum absolute atomic E-state index is 0.104. The maximum atomic E-state index is 12.4. The zero-order chi connectivity index (χ0) is 16.3. The first kappa shape index (κ1) is 17.7. The van der Waals surface area contributed by atoms with Gasteiger partial charge in [-0.2, -0.15) is 0 Å². The third-order valence-electron chi connectivity index (χ3n) is 4.38. The van der Waals surface area contributed by atoms with E-state index in [2.05, 4.69) is 46.5 Å². The van der Waals surface area contributed by atoms with Crippen LogP contribution in [0.4, 0.5) is 0 Å². The van der Waals surface area contributed by atoms with E-state index in [1.54, 1.807) is 0 Å². The van der Waals surface area contributed by atoms with E-state index in [1.807, 2.05) is 4.90 Å². The molecule has 1 heterocycles. The molecule has 1 atom stereocenters. The summed E-state index contributed by atoms with van der Waals surface area (Å²) in [5, 5.41) is 2.66. The number of amides is 2. The smallest absolute Gasteiger partial charge is 0.243 e. The lowest BCUT2D eigenvalue weighted by molar-refractivity contribution is -0.135. The van der Waals surface area contributed by atoms with Gasteiger partial charge in [-0.15, -0.1) is 0 Å². The maximum Gasteiger partial charge on any atom is 0.243 e. The van der Waals surface area contributed by atoms with Crippen molar-refractivity contribution < 1.29 is 9.59 Å². The van der Waals surface area contributed by atoms with Crippen molar-refractivity contribution >= 4 is 11.8 Å². The lowest BCUT2D eigenvalue weighted by Crippen LogP contribution is -2.47. The molecule has 1 fully saturated rings. The van der Waals surface area contributed by atoms with Gasteiger partial charge in [0.1, 0.15) is 0 Å². The molecule has 1 saturated heterocycles. The largest absolute Gasteiger partial charge is 0.352 e. The van der Waals surface area contributed by atoms with E-state index >= 15 is 0 Å². The summed E-state index contributed by atoms with van der Waals surface area (Å²) in [6.07, 6.45) is 3.76. The zero-order valence-corrected chi connectivity index (χ0v) is 14.2. The van der Waals surface area contributed by atoms with Crippen molar-refractivity contribution in [2.45, 2.75) is 59.4 Å². The molecule has 1 rings (SSSR count). The number of likely N-dealkylation sites (tertiary alicyclic amines) is 1. The highest BCUT2D eigenvalue weighted by Crippen LogP contribution is 2.41. The third-order valence-corrected chi connectivity index (χ3v) is 4.38. The van der Waals surface area contributed by atoms with Gasteiger partial charge in [0.2, 0.25) is 11.8 Å². The van der Waals surface area contributed by atoms with Crippen LogP contribution >= 0.6 is 0 Å². The first-order valence-corrected chi connectivity index (χ1v) is 7.78. The van der Waals surface area contributed by atoms with Crippen LogP contribution in [0.2, 0.25) is 0 Å². The second-order valence-corrected chi connectivity index (χ2v) is 7.69. The molecule has 0 aromatic rings. The van der Waals surface area contributed by atoms with Gasteiger partial charge in [0.15, 0.2) is 0 Å². The summed E-state index contributed by atoms with van der Waals surface area (Å²) in [6, 6.07) is 0. The van der Waals surface area contributed by atoms with Gasteiger partial charge in [0, 0.05) is 25.0 Å². The van der Waals surface area contributed by atoms with Crippen LogP contribution in [0, 0.1) is 11.3 Å². The Morgan fingerprint density at radius 3 is 2.52 bits per heavy atom. The highest BCUT2D eigenvalue weighted by molar-refractivity contribution is 5.87. The highest BCUT2D eigenvalue weighted by atomic mass is 16.2. The average molecular weight is 294 g/mol. The number of carbonyl (C=O) groups excluding carboxylic acids is 2. The quantitative estimate of drug-likeness (QED) is 0.793. The monoisotopic (exact) mass is 294 g/mol. The molecule has 0 saturated carbocycles. The summed E-state index contributed by atoms with van der Waals surface area (Å²) in [5.74, 6) is 0.430. The predicted molar refractivity (Wildman–Crippen MR) is 85.8 cm³/mol. The van der Waals surface area contributed by atoms with Crippen molar-refractivity contribution in [3.63, 3.8) is 0 Å². The van der Waals surface area contributed by atoms with Crippen molar-refractivity contribution in [3.05, 3.63) is 12.7 Å². The molecule has 0 spiro atoms. The summed E-state index contributed by atoms with van der Waals surface area (Å²) in [7, 11) is 0. The normalized spacial score (nSPS) is 21.2. The molecular weight excluding hydrogens is 264 g/mol. The minimum Gasteiger partial charge on any atom is -0.352 e. The van der Waals surface area contributed by atoms with E-state index < -0.39 is 0 Å². The molecule has 1 aliphatic rings. The number of rotatable bonds is 5. The van der Waals surface area contributed by atoms with E-state index in [0.29, 0.717) is 18.9 Å². The number of hydrogen-bond acceptors (Lipinski definition) is 2. The lowest BCUT2D eigenvalue weighted by Gasteiger charge is -2.38. The van der Waals surface area contributed by atoms with Crippen molar-refractivity contribution in [1.29, 1.82) is 0 Å². The maximum absolute atomic E-state index is 12.4. The van der Waals surface area contributed by atoms with E-state index in [0.717, 1.165) is 19.4 Å². The summed E-state index contributed by atoms with van der Waals surface area (Å²) >= 11 is 0. The van der Waals surface area contributed by atoms with Crippen molar-refractivity contribution in [3.8, 4) is 0 Å². The number of nitrogens with one attached hydrogen (secondary N) is 1. The van der Waals surface area contributed by atoms with Crippen LogP contribution in [0.1, 0.15) is 53.9 Å². The number of hydrogen-bond donors (Lipinski definition) is 1. The van der Waals surface area contributed by atoms with Crippen LogP contribution in [0.15, 0.2) is 12.7 Å². The fourth-order valence-corrected chi connectivity index (χ4v) is 3.18.